The van der Waals surface area contributed by atoms with Crippen LogP contribution in [0.1, 0.15) is 51.4 Å². The Balaban J connectivity index is 2.04. The molecule has 0 aliphatic heterocycles. The molecule has 2 rings (SSSR count). The lowest BCUT2D eigenvalue weighted by molar-refractivity contribution is 0.321. The zero-order chi connectivity index (χ0) is 13.7. The minimum Gasteiger partial charge on any atom is -0.267 e. The van der Waals surface area contributed by atoms with Gasteiger partial charge < -0.3 is 0 Å². The van der Waals surface area contributed by atoms with Crippen molar-refractivity contribution >= 4 is 15.8 Å². The van der Waals surface area contributed by atoms with Gasteiger partial charge in [-0.25, -0.2) is 0 Å². The Morgan fingerprint density at radius 2 is 2.05 bits per heavy atom. The molecule has 0 unspecified atom stereocenters. The number of nitriles is 1. The van der Waals surface area contributed by atoms with Gasteiger partial charge in [0.2, 0.25) is 0 Å². The van der Waals surface area contributed by atoms with Gasteiger partial charge in [-0.05, 0) is 37.7 Å². The van der Waals surface area contributed by atoms with Crippen LogP contribution in [0.3, 0.4) is 0 Å². The van der Waals surface area contributed by atoms with Crippen molar-refractivity contribution in [2.45, 2.75) is 56.6 Å². The fraction of sp³-hybridized carbons (Fsp3) is 0.692. The molecule has 0 bridgehead atoms. The average molecular weight is 282 g/mol. The standard InChI is InChI=1S/C13H18N2O3S/c14-10-13(11-6-4-5-7-11)15-18-19(16,17)12-8-2-1-3-9-12/h6,12H,1-5,7-9H2/b15-13+. The third-order valence-corrected chi connectivity index (χ3v) is 5.21. The monoisotopic (exact) mass is 282 g/mol. The van der Waals surface area contributed by atoms with Crippen LogP contribution in [-0.4, -0.2) is 19.4 Å². The molecule has 0 atom stereocenters. The molecule has 0 aromatic carbocycles. The van der Waals surface area contributed by atoms with E-state index in [0.29, 0.717) is 12.8 Å². The lowest BCUT2D eigenvalue weighted by Crippen LogP contribution is -2.25. The van der Waals surface area contributed by atoms with Crippen molar-refractivity contribution in [3.8, 4) is 6.07 Å². The summed E-state index contributed by atoms with van der Waals surface area (Å²) < 4.78 is 28.7. The molecule has 5 nitrogen and oxygen atoms in total. The van der Waals surface area contributed by atoms with Crippen LogP contribution >= 0.6 is 0 Å². The fourth-order valence-corrected chi connectivity index (χ4v) is 3.75. The number of rotatable bonds is 4. The maximum Gasteiger partial charge on any atom is 0.331 e. The Hall–Kier alpha value is -1.35. The zero-order valence-corrected chi connectivity index (χ0v) is 11.7. The molecule has 1 fully saturated rings. The summed E-state index contributed by atoms with van der Waals surface area (Å²) in [4.78, 5) is 0. The van der Waals surface area contributed by atoms with Gasteiger partial charge in [0, 0.05) is 0 Å². The molecular weight excluding hydrogens is 264 g/mol. The molecule has 0 radical (unpaired) electrons. The van der Waals surface area contributed by atoms with E-state index in [9.17, 15) is 8.42 Å². The summed E-state index contributed by atoms with van der Waals surface area (Å²) in [5, 5.41) is 12.1. The van der Waals surface area contributed by atoms with E-state index in [0.717, 1.165) is 44.1 Å². The first-order valence-corrected chi connectivity index (χ1v) is 8.20. The Labute approximate surface area is 114 Å². The Morgan fingerprint density at radius 3 is 2.63 bits per heavy atom. The first kappa shape index (κ1) is 14.1. The van der Waals surface area contributed by atoms with Crippen LogP contribution in [0, 0.1) is 11.3 Å². The summed E-state index contributed by atoms with van der Waals surface area (Å²) in [6.45, 7) is 0. The quantitative estimate of drug-likeness (QED) is 0.586. The van der Waals surface area contributed by atoms with Crippen LogP contribution in [0.2, 0.25) is 0 Å². The van der Waals surface area contributed by atoms with Crippen LogP contribution in [-0.2, 0) is 14.4 Å². The maximum atomic E-state index is 12.0. The molecule has 0 aromatic heterocycles. The van der Waals surface area contributed by atoms with Crippen LogP contribution in [0.15, 0.2) is 16.8 Å². The van der Waals surface area contributed by atoms with E-state index in [4.69, 9.17) is 9.55 Å². The van der Waals surface area contributed by atoms with Gasteiger partial charge in [-0.3, -0.25) is 4.28 Å². The largest absolute Gasteiger partial charge is 0.331 e. The van der Waals surface area contributed by atoms with Gasteiger partial charge >= 0.3 is 10.1 Å². The van der Waals surface area contributed by atoms with Crippen LogP contribution in [0.25, 0.3) is 0 Å². The number of nitrogens with zero attached hydrogens (tertiary/aromatic N) is 2. The van der Waals surface area contributed by atoms with Gasteiger partial charge in [0.1, 0.15) is 6.07 Å². The summed E-state index contributed by atoms with van der Waals surface area (Å²) >= 11 is 0. The molecule has 0 amide bonds. The van der Waals surface area contributed by atoms with E-state index in [-0.39, 0.29) is 5.71 Å². The molecule has 0 N–H and O–H groups in total. The summed E-state index contributed by atoms with van der Waals surface area (Å²) in [6, 6.07) is 1.91. The Bertz CT molecular complexity index is 523. The molecule has 2 aliphatic rings. The Kier molecular flexibility index (Phi) is 4.59. The highest BCUT2D eigenvalue weighted by atomic mass is 32.2. The first-order chi connectivity index (χ1) is 9.13. The highest BCUT2D eigenvalue weighted by Crippen LogP contribution is 2.25. The second-order valence-corrected chi connectivity index (χ2v) is 6.80. The van der Waals surface area contributed by atoms with Gasteiger partial charge in [-0.1, -0.05) is 30.5 Å². The highest BCUT2D eigenvalue weighted by Gasteiger charge is 2.29. The van der Waals surface area contributed by atoms with Crippen molar-refractivity contribution < 1.29 is 12.7 Å². The van der Waals surface area contributed by atoms with E-state index in [1.54, 1.807) is 0 Å². The van der Waals surface area contributed by atoms with Crippen molar-refractivity contribution in [2.75, 3.05) is 0 Å². The normalized spacial score (nSPS) is 21.8. The molecular formula is C13H18N2O3S. The molecule has 6 heteroatoms. The summed E-state index contributed by atoms with van der Waals surface area (Å²) in [7, 11) is -3.68. The summed E-state index contributed by atoms with van der Waals surface area (Å²) in [6.07, 6.45) is 8.71. The van der Waals surface area contributed by atoms with E-state index < -0.39 is 15.4 Å². The molecule has 0 spiro atoms. The third-order valence-electron chi connectivity index (χ3n) is 3.64. The third kappa shape index (κ3) is 3.57. The zero-order valence-electron chi connectivity index (χ0n) is 10.8. The number of allylic oxidation sites excluding steroid dienone is 2. The van der Waals surface area contributed by atoms with E-state index in [2.05, 4.69) is 5.16 Å². The van der Waals surface area contributed by atoms with Gasteiger partial charge in [-0.2, -0.15) is 13.7 Å². The van der Waals surface area contributed by atoms with Gasteiger partial charge in [-0.15, -0.1) is 0 Å². The number of hydrogen-bond acceptors (Lipinski definition) is 5. The van der Waals surface area contributed by atoms with Crippen molar-refractivity contribution in [1.82, 2.24) is 0 Å². The fourth-order valence-electron chi connectivity index (χ4n) is 2.54. The van der Waals surface area contributed by atoms with Crippen LogP contribution in [0.5, 0.6) is 0 Å². The van der Waals surface area contributed by atoms with E-state index >= 15 is 0 Å². The molecule has 0 heterocycles. The van der Waals surface area contributed by atoms with Gasteiger partial charge in [0.25, 0.3) is 0 Å². The minimum atomic E-state index is -3.68. The smallest absolute Gasteiger partial charge is 0.267 e. The van der Waals surface area contributed by atoms with Crippen LogP contribution < -0.4 is 0 Å². The molecule has 2 aliphatic carbocycles. The Morgan fingerprint density at radius 1 is 1.32 bits per heavy atom. The van der Waals surface area contributed by atoms with Crippen molar-refractivity contribution in [2.24, 2.45) is 5.16 Å². The lowest BCUT2D eigenvalue weighted by Gasteiger charge is -2.19. The molecule has 104 valence electrons. The van der Waals surface area contributed by atoms with Crippen LogP contribution in [0.4, 0.5) is 0 Å². The maximum absolute atomic E-state index is 12.0. The van der Waals surface area contributed by atoms with E-state index in [1.165, 1.54) is 0 Å². The SMILES string of the molecule is N#C/C(=N\OS(=O)(=O)C1CCCCC1)C1=CCCC1. The topological polar surface area (TPSA) is 79.5 Å². The summed E-state index contributed by atoms with van der Waals surface area (Å²) in [5.41, 5.74) is 0.887. The van der Waals surface area contributed by atoms with Crippen molar-refractivity contribution in [1.29, 1.82) is 5.26 Å². The van der Waals surface area contributed by atoms with Gasteiger partial charge in [0.15, 0.2) is 5.71 Å². The second-order valence-electron chi connectivity index (χ2n) is 5.00. The summed E-state index contributed by atoms with van der Waals surface area (Å²) in [5.74, 6) is 0. The van der Waals surface area contributed by atoms with Crippen molar-refractivity contribution in [3.63, 3.8) is 0 Å². The molecule has 19 heavy (non-hydrogen) atoms. The minimum absolute atomic E-state index is 0.0943. The first-order valence-electron chi connectivity index (χ1n) is 6.73. The molecule has 1 saturated carbocycles. The second kappa shape index (κ2) is 6.20. The average Bonchev–Trinajstić information content (AvgIpc) is 2.94. The lowest BCUT2D eigenvalue weighted by atomic mass is 10.0. The van der Waals surface area contributed by atoms with Gasteiger partial charge in [0.05, 0.1) is 5.25 Å². The predicted molar refractivity (Wildman–Crippen MR) is 71.9 cm³/mol. The molecule has 0 aromatic rings. The molecule has 0 saturated heterocycles. The highest BCUT2D eigenvalue weighted by molar-refractivity contribution is 7.87. The van der Waals surface area contributed by atoms with Crippen molar-refractivity contribution in [3.05, 3.63) is 11.6 Å². The number of oxime groups is 1. The predicted octanol–water partition coefficient (Wildman–Crippen LogP) is 2.66. The van der Waals surface area contributed by atoms with E-state index in [1.807, 2.05) is 12.1 Å². The number of hydrogen-bond donors (Lipinski definition) is 0.